The highest BCUT2D eigenvalue weighted by molar-refractivity contribution is 7.96. The lowest BCUT2D eigenvalue weighted by Gasteiger charge is -2.32. The smallest absolute Gasteiger partial charge is 0.261 e. The van der Waals surface area contributed by atoms with Crippen LogP contribution in [0.15, 0.2) is 78.6 Å². The van der Waals surface area contributed by atoms with E-state index in [-0.39, 0.29) is 36.1 Å². The molecule has 3 aromatic rings. The highest BCUT2D eigenvalue weighted by atomic mass is 32.2. The van der Waals surface area contributed by atoms with Crippen molar-refractivity contribution in [3.8, 4) is 11.1 Å². The number of aromatic nitrogens is 3. The molecule has 1 saturated heterocycles. The van der Waals surface area contributed by atoms with Gasteiger partial charge in [0.05, 0.1) is 46.8 Å². The molecular formula is C25H26N6O5S2. The fourth-order valence-electron chi connectivity index (χ4n) is 3.86. The van der Waals surface area contributed by atoms with Crippen LogP contribution in [-0.4, -0.2) is 67.9 Å². The molecule has 38 heavy (non-hydrogen) atoms. The molecule has 1 amide bonds. The predicted molar refractivity (Wildman–Crippen MR) is 147 cm³/mol. The first-order valence-corrected chi connectivity index (χ1v) is 14.8. The molecule has 0 unspecified atom stereocenters. The fraction of sp³-hybridized carbons (Fsp3) is 0.200. The van der Waals surface area contributed by atoms with E-state index in [0.717, 1.165) is 10.6 Å². The summed E-state index contributed by atoms with van der Waals surface area (Å²) in [6, 6.07) is 7.00. The number of amides is 1. The number of hydrogen-bond acceptors (Lipinski definition) is 8. The van der Waals surface area contributed by atoms with E-state index in [4.69, 9.17) is 0 Å². The second kappa shape index (κ2) is 10.8. The van der Waals surface area contributed by atoms with Crippen LogP contribution in [0.5, 0.6) is 0 Å². The maximum Gasteiger partial charge on any atom is 0.261 e. The first-order chi connectivity index (χ1) is 18.0. The molecule has 2 aromatic heterocycles. The Hall–Kier alpha value is -3.94. The average Bonchev–Trinajstić information content (AvgIpc) is 2.87. The molecule has 198 valence electrons. The number of fused-ring (bicyclic) bond motifs is 1. The predicted octanol–water partition coefficient (Wildman–Crippen LogP) is 2.69. The molecule has 3 heterocycles. The summed E-state index contributed by atoms with van der Waals surface area (Å²) in [5.74, 6) is -0.0713. The van der Waals surface area contributed by atoms with Crippen molar-refractivity contribution in [2.75, 3.05) is 35.5 Å². The van der Waals surface area contributed by atoms with Crippen LogP contribution in [-0.2, 0) is 24.8 Å². The third kappa shape index (κ3) is 5.96. The standard InChI is InChI=1S/C25H26N6O5S2/c1-4-6-7-21(5-2)38(35,36)29-20-12-19(14-26-15-20)18-8-9-22-23(13-18)28-24(16-27-22)31-11-10-30(17-25(31)32)37(3,33)34/h4-9,12-16,29H,1,10-11,17H2,2-3H3. The van der Waals surface area contributed by atoms with Crippen molar-refractivity contribution >= 4 is 48.5 Å². The first kappa shape index (κ1) is 27.1. The third-order valence-corrected chi connectivity index (χ3v) is 8.52. The summed E-state index contributed by atoms with van der Waals surface area (Å²) in [5, 5.41) is 0. The van der Waals surface area contributed by atoms with Gasteiger partial charge in [-0.15, -0.1) is 0 Å². The number of piperazine rings is 1. The van der Waals surface area contributed by atoms with Gasteiger partial charge < -0.3 is 0 Å². The highest BCUT2D eigenvalue weighted by Gasteiger charge is 2.30. The Morgan fingerprint density at radius 2 is 1.84 bits per heavy atom. The largest absolute Gasteiger partial charge is 0.293 e. The Balaban J connectivity index is 1.61. The number of carbonyl (C=O) groups is 1. The Kier molecular flexibility index (Phi) is 7.71. The van der Waals surface area contributed by atoms with E-state index in [2.05, 4.69) is 26.3 Å². The fourth-order valence-corrected chi connectivity index (χ4v) is 5.73. The Morgan fingerprint density at radius 3 is 2.53 bits per heavy atom. The summed E-state index contributed by atoms with van der Waals surface area (Å²) in [6.07, 6.45) is 11.5. The molecular weight excluding hydrogens is 528 g/mol. The molecule has 0 saturated carbocycles. The van der Waals surface area contributed by atoms with Gasteiger partial charge in [-0.3, -0.25) is 24.4 Å². The second-order valence-electron chi connectivity index (χ2n) is 8.43. The van der Waals surface area contributed by atoms with Crippen molar-refractivity contribution in [2.24, 2.45) is 0 Å². The van der Waals surface area contributed by atoms with Gasteiger partial charge in [0.2, 0.25) is 15.9 Å². The third-order valence-electron chi connectivity index (χ3n) is 5.78. The molecule has 0 atom stereocenters. The van der Waals surface area contributed by atoms with Crippen LogP contribution in [0.4, 0.5) is 11.5 Å². The Morgan fingerprint density at radius 1 is 1.05 bits per heavy atom. The summed E-state index contributed by atoms with van der Waals surface area (Å²) in [6.45, 7) is 5.25. The van der Waals surface area contributed by atoms with Crippen LogP contribution in [0.3, 0.4) is 0 Å². The van der Waals surface area contributed by atoms with Crippen molar-refractivity contribution in [3.63, 3.8) is 0 Å². The number of nitrogens with zero attached hydrogens (tertiary/aromatic N) is 5. The molecule has 1 N–H and O–H groups in total. The molecule has 0 bridgehead atoms. The van der Waals surface area contributed by atoms with Crippen LogP contribution in [0.1, 0.15) is 6.92 Å². The SMILES string of the molecule is C=CC=CC(=CC)S(=O)(=O)Nc1cncc(-c2ccc3ncc(N4CCN(S(C)(=O)=O)CC4=O)nc3c2)c1. The van der Waals surface area contributed by atoms with E-state index in [1.807, 2.05) is 6.07 Å². The first-order valence-electron chi connectivity index (χ1n) is 11.5. The van der Waals surface area contributed by atoms with Crippen LogP contribution in [0.2, 0.25) is 0 Å². The number of pyridine rings is 1. The van der Waals surface area contributed by atoms with Crippen molar-refractivity contribution in [1.82, 2.24) is 19.3 Å². The topological polar surface area (TPSA) is 143 Å². The molecule has 0 spiro atoms. The second-order valence-corrected chi connectivity index (χ2v) is 12.1. The molecule has 0 radical (unpaired) electrons. The van der Waals surface area contributed by atoms with Gasteiger partial charge in [-0.1, -0.05) is 30.9 Å². The maximum atomic E-state index is 12.8. The molecule has 1 fully saturated rings. The molecule has 11 nitrogen and oxygen atoms in total. The monoisotopic (exact) mass is 554 g/mol. The van der Waals surface area contributed by atoms with Gasteiger partial charge in [0.25, 0.3) is 10.0 Å². The van der Waals surface area contributed by atoms with Crippen molar-refractivity contribution in [3.05, 3.63) is 78.6 Å². The van der Waals surface area contributed by atoms with Gasteiger partial charge in [-0.05, 0) is 36.8 Å². The van der Waals surface area contributed by atoms with Crippen molar-refractivity contribution in [2.45, 2.75) is 6.92 Å². The zero-order chi connectivity index (χ0) is 27.5. The number of carbonyl (C=O) groups excluding carboxylic acids is 1. The molecule has 1 aliphatic heterocycles. The zero-order valence-electron chi connectivity index (χ0n) is 20.8. The molecule has 1 aromatic carbocycles. The lowest BCUT2D eigenvalue weighted by atomic mass is 10.1. The van der Waals surface area contributed by atoms with E-state index < -0.39 is 20.0 Å². The minimum absolute atomic E-state index is 0.0863. The van der Waals surface area contributed by atoms with Crippen LogP contribution in [0.25, 0.3) is 22.2 Å². The summed E-state index contributed by atoms with van der Waals surface area (Å²) in [5.41, 5.74) is 2.74. The number of anilines is 2. The van der Waals surface area contributed by atoms with E-state index in [1.165, 1.54) is 41.6 Å². The number of hydrogen-bond donors (Lipinski definition) is 1. The lowest BCUT2D eigenvalue weighted by molar-refractivity contribution is -0.120. The number of nitrogens with one attached hydrogen (secondary N) is 1. The van der Waals surface area contributed by atoms with Crippen LogP contribution < -0.4 is 9.62 Å². The summed E-state index contributed by atoms with van der Waals surface area (Å²) in [7, 11) is -7.30. The number of benzene rings is 1. The molecule has 13 heteroatoms. The van der Waals surface area contributed by atoms with Gasteiger partial charge in [0.1, 0.15) is 0 Å². The minimum atomic E-state index is -3.83. The van der Waals surface area contributed by atoms with Crippen molar-refractivity contribution < 1.29 is 21.6 Å². The summed E-state index contributed by atoms with van der Waals surface area (Å²) in [4.78, 5) is 27.3. The van der Waals surface area contributed by atoms with Gasteiger partial charge in [-0.2, -0.15) is 4.31 Å². The normalized spacial score (nSPS) is 15.8. The van der Waals surface area contributed by atoms with Crippen LogP contribution in [0, 0.1) is 0 Å². The summed E-state index contributed by atoms with van der Waals surface area (Å²) < 4.78 is 52.8. The van der Waals surface area contributed by atoms with Crippen molar-refractivity contribution in [1.29, 1.82) is 0 Å². The molecule has 4 rings (SSSR count). The quantitative estimate of drug-likeness (QED) is 0.419. The van der Waals surface area contributed by atoms with E-state index in [1.54, 1.807) is 31.3 Å². The van der Waals surface area contributed by atoms with Gasteiger partial charge >= 0.3 is 0 Å². The van der Waals surface area contributed by atoms with Gasteiger partial charge in [-0.25, -0.2) is 21.8 Å². The number of rotatable bonds is 8. The Labute approximate surface area is 221 Å². The lowest BCUT2D eigenvalue weighted by Crippen LogP contribution is -2.52. The van der Waals surface area contributed by atoms with Gasteiger partial charge in [0.15, 0.2) is 5.82 Å². The highest BCUT2D eigenvalue weighted by Crippen LogP contribution is 2.27. The number of sulfonamides is 2. The zero-order valence-corrected chi connectivity index (χ0v) is 22.4. The van der Waals surface area contributed by atoms with E-state index in [0.29, 0.717) is 28.0 Å². The van der Waals surface area contributed by atoms with Gasteiger partial charge in [0, 0.05) is 24.8 Å². The van der Waals surface area contributed by atoms with E-state index >= 15 is 0 Å². The average molecular weight is 555 g/mol. The minimum Gasteiger partial charge on any atom is -0.293 e. The Bertz CT molecular complexity index is 1680. The maximum absolute atomic E-state index is 12.8. The van der Waals surface area contributed by atoms with E-state index in [9.17, 15) is 21.6 Å². The van der Waals surface area contributed by atoms with Crippen LogP contribution >= 0.6 is 0 Å². The molecule has 1 aliphatic rings. The summed E-state index contributed by atoms with van der Waals surface area (Å²) >= 11 is 0. The number of allylic oxidation sites excluding steroid dienone is 4. The molecule has 0 aliphatic carbocycles.